The number of halogens is 3. The Morgan fingerprint density at radius 2 is 1.91 bits per heavy atom. The average molecular weight is 506 g/mol. The Balaban J connectivity index is 1.54. The lowest BCUT2D eigenvalue weighted by Crippen LogP contribution is -2.29. The van der Waals surface area contributed by atoms with E-state index in [9.17, 15) is 18.7 Å². The Kier molecular flexibility index (Phi) is 6.45. The molecule has 2 saturated carbocycles. The number of hydrogen-bond acceptors (Lipinski definition) is 7. The van der Waals surface area contributed by atoms with Crippen LogP contribution in [-0.2, 0) is 4.79 Å². The third-order valence-corrected chi connectivity index (χ3v) is 7.23. The molecule has 0 radical (unpaired) electrons. The number of nitrogens with zero attached hydrogens (tertiary/aromatic N) is 4. The van der Waals surface area contributed by atoms with E-state index in [1.807, 2.05) is 4.57 Å². The Labute approximate surface area is 205 Å². The van der Waals surface area contributed by atoms with Crippen molar-refractivity contribution in [3.05, 3.63) is 35.0 Å². The fourth-order valence-corrected chi connectivity index (χ4v) is 5.30. The van der Waals surface area contributed by atoms with Crippen LogP contribution < -0.4 is 16.4 Å². The lowest BCUT2D eigenvalue weighted by Gasteiger charge is -2.29. The van der Waals surface area contributed by atoms with Crippen LogP contribution in [0.5, 0.6) is 0 Å². The van der Waals surface area contributed by atoms with Gasteiger partial charge >= 0.3 is 0 Å². The molecule has 2 heterocycles. The third kappa shape index (κ3) is 4.74. The SMILES string of the molecule is NC(=O)C1CCC(n2c(Nc3c(F)cc(F)cc3Cl)nc3cnc(NC4CCC[C@H]4O)nc32)CC1. The lowest BCUT2D eigenvalue weighted by atomic mass is 9.85. The number of amides is 1. The molecule has 5 rings (SSSR count). The van der Waals surface area contributed by atoms with Gasteiger partial charge in [0.15, 0.2) is 11.5 Å². The zero-order valence-corrected chi connectivity index (χ0v) is 19.6. The van der Waals surface area contributed by atoms with Crippen LogP contribution in [0.15, 0.2) is 18.3 Å². The zero-order chi connectivity index (χ0) is 24.7. The highest BCUT2D eigenvalue weighted by Gasteiger charge is 2.30. The van der Waals surface area contributed by atoms with Crippen LogP contribution in [0.3, 0.4) is 0 Å². The molecule has 0 spiro atoms. The maximum absolute atomic E-state index is 14.6. The predicted molar refractivity (Wildman–Crippen MR) is 127 cm³/mol. The largest absolute Gasteiger partial charge is 0.391 e. The number of aliphatic hydroxyl groups is 1. The van der Waals surface area contributed by atoms with Crippen molar-refractivity contribution < 1.29 is 18.7 Å². The second kappa shape index (κ2) is 9.54. The summed E-state index contributed by atoms with van der Waals surface area (Å²) in [4.78, 5) is 25.2. The number of fused-ring (bicyclic) bond motifs is 1. The summed E-state index contributed by atoms with van der Waals surface area (Å²) in [6, 6.07) is 1.53. The van der Waals surface area contributed by atoms with Crippen LogP contribution in [0, 0.1) is 17.6 Å². The van der Waals surface area contributed by atoms with Crippen molar-refractivity contribution in [1.29, 1.82) is 0 Å². The van der Waals surface area contributed by atoms with Gasteiger partial charge in [-0.05, 0) is 51.0 Å². The summed E-state index contributed by atoms with van der Waals surface area (Å²) in [6.45, 7) is 0. The molecule has 3 aromatic rings. The first-order chi connectivity index (χ1) is 16.8. The smallest absolute Gasteiger partial charge is 0.225 e. The molecule has 12 heteroatoms. The second-order valence-electron chi connectivity index (χ2n) is 9.23. The Bertz CT molecular complexity index is 1240. The predicted octanol–water partition coefficient (Wildman–Crippen LogP) is 4.04. The van der Waals surface area contributed by atoms with Crippen molar-refractivity contribution in [2.24, 2.45) is 11.7 Å². The van der Waals surface area contributed by atoms with Gasteiger partial charge in [-0.3, -0.25) is 9.36 Å². The molecule has 2 aromatic heterocycles. The van der Waals surface area contributed by atoms with E-state index in [-0.39, 0.29) is 40.6 Å². The fraction of sp³-hybridized carbons (Fsp3) is 0.478. The van der Waals surface area contributed by atoms with Crippen LogP contribution in [0.2, 0.25) is 5.02 Å². The number of primary amides is 1. The summed E-state index contributed by atoms with van der Waals surface area (Å²) < 4.78 is 30.0. The molecular weight excluding hydrogens is 480 g/mol. The van der Waals surface area contributed by atoms with E-state index in [2.05, 4.69) is 25.6 Å². The summed E-state index contributed by atoms with van der Waals surface area (Å²) in [7, 11) is 0. The summed E-state index contributed by atoms with van der Waals surface area (Å²) in [5.74, 6) is -1.52. The van der Waals surface area contributed by atoms with Crippen LogP contribution in [0.4, 0.5) is 26.4 Å². The number of nitrogens with two attached hydrogens (primary N) is 1. The van der Waals surface area contributed by atoms with Crippen molar-refractivity contribution >= 4 is 46.3 Å². The normalized spacial score (nSPS) is 24.6. The topological polar surface area (TPSA) is 131 Å². The molecule has 1 aromatic carbocycles. The van der Waals surface area contributed by atoms with E-state index >= 15 is 0 Å². The molecule has 0 saturated heterocycles. The van der Waals surface area contributed by atoms with E-state index in [0.717, 1.165) is 31.4 Å². The number of imidazole rings is 1. The van der Waals surface area contributed by atoms with E-state index < -0.39 is 17.7 Å². The average Bonchev–Trinajstić information content (AvgIpc) is 3.38. The van der Waals surface area contributed by atoms with Gasteiger partial charge in [0, 0.05) is 18.0 Å². The highest BCUT2D eigenvalue weighted by atomic mass is 35.5. The molecule has 186 valence electrons. The van der Waals surface area contributed by atoms with E-state index in [1.54, 1.807) is 6.20 Å². The van der Waals surface area contributed by atoms with Gasteiger partial charge in [-0.25, -0.2) is 18.7 Å². The van der Waals surface area contributed by atoms with Gasteiger partial charge in [-0.2, -0.15) is 4.98 Å². The number of rotatable bonds is 6. The first-order valence-corrected chi connectivity index (χ1v) is 12.1. The lowest BCUT2D eigenvalue weighted by molar-refractivity contribution is -0.122. The van der Waals surface area contributed by atoms with E-state index in [0.29, 0.717) is 42.8 Å². The van der Waals surface area contributed by atoms with Gasteiger partial charge in [0.2, 0.25) is 17.8 Å². The van der Waals surface area contributed by atoms with Crippen molar-refractivity contribution in [1.82, 2.24) is 19.5 Å². The minimum atomic E-state index is -0.852. The second-order valence-corrected chi connectivity index (χ2v) is 9.64. The maximum Gasteiger partial charge on any atom is 0.225 e. The van der Waals surface area contributed by atoms with Crippen LogP contribution in [0.25, 0.3) is 11.2 Å². The van der Waals surface area contributed by atoms with Crippen molar-refractivity contribution in [2.75, 3.05) is 10.6 Å². The molecule has 35 heavy (non-hydrogen) atoms. The molecule has 2 fully saturated rings. The maximum atomic E-state index is 14.6. The highest BCUT2D eigenvalue weighted by molar-refractivity contribution is 6.33. The number of aliphatic hydroxyl groups excluding tert-OH is 1. The van der Waals surface area contributed by atoms with Crippen LogP contribution >= 0.6 is 11.6 Å². The molecule has 2 aliphatic rings. The van der Waals surface area contributed by atoms with Crippen molar-refractivity contribution in [3.8, 4) is 0 Å². The summed E-state index contributed by atoms with van der Waals surface area (Å²) in [6.07, 6.45) is 6.04. The van der Waals surface area contributed by atoms with Gasteiger partial charge in [0.1, 0.15) is 11.3 Å². The molecule has 9 nitrogen and oxygen atoms in total. The fourth-order valence-electron chi connectivity index (χ4n) is 5.06. The Hall–Kier alpha value is -3.05. The van der Waals surface area contributed by atoms with Gasteiger partial charge < -0.3 is 21.5 Å². The molecule has 1 amide bonds. The molecular formula is C23H26ClF2N7O2. The van der Waals surface area contributed by atoms with E-state index in [4.69, 9.17) is 17.3 Å². The van der Waals surface area contributed by atoms with E-state index in [1.165, 1.54) is 0 Å². The molecule has 2 aliphatic carbocycles. The number of hydrogen-bond donors (Lipinski definition) is 4. The van der Waals surface area contributed by atoms with Crippen molar-refractivity contribution in [3.63, 3.8) is 0 Å². The zero-order valence-electron chi connectivity index (χ0n) is 18.8. The standard InChI is InChI=1S/C23H26ClF2N7O2/c24-14-8-12(25)9-15(26)19(14)31-23-30-17-10-28-22(29-16-2-1-3-18(16)34)32-21(17)33(23)13-6-4-11(5-7-13)20(27)35/h8-11,13,16,18,34H,1-7H2,(H2,27,35)(H,30,31)(H,28,29,32)/t11?,13?,16?,18-/m1/s1. The Morgan fingerprint density at radius 1 is 1.14 bits per heavy atom. The quantitative estimate of drug-likeness (QED) is 0.397. The number of benzene rings is 1. The number of nitrogens with one attached hydrogen (secondary N) is 2. The van der Waals surface area contributed by atoms with Crippen LogP contribution in [0.1, 0.15) is 51.0 Å². The Morgan fingerprint density at radius 3 is 2.57 bits per heavy atom. The van der Waals surface area contributed by atoms with Gasteiger partial charge in [0.05, 0.1) is 29.1 Å². The third-order valence-electron chi connectivity index (χ3n) is 6.93. The summed E-state index contributed by atoms with van der Waals surface area (Å²) in [5.41, 5.74) is 6.39. The molecule has 5 N–H and O–H groups in total. The number of aromatic nitrogens is 4. The molecule has 1 unspecified atom stereocenters. The summed E-state index contributed by atoms with van der Waals surface area (Å²) in [5, 5.41) is 16.2. The number of carbonyl (C=O) groups excluding carboxylic acids is 1. The molecule has 0 aliphatic heterocycles. The highest BCUT2D eigenvalue weighted by Crippen LogP contribution is 2.38. The minimum Gasteiger partial charge on any atom is -0.391 e. The van der Waals surface area contributed by atoms with Gasteiger partial charge in [0.25, 0.3) is 0 Å². The van der Waals surface area contributed by atoms with Crippen LogP contribution in [-0.4, -0.2) is 42.7 Å². The van der Waals surface area contributed by atoms with Gasteiger partial charge in [-0.1, -0.05) is 11.6 Å². The summed E-state index contributed by atoms with van der Waals surface area (Å²) >= 11 is 6.12. The molecule has 2 atom stereocenters. The first kappa shape index (κ1) is 23.7. The monoisotopic (exact) mass is 505 g/mol. The van der Waals surface area contributed by atoms with Crippen molar-refractivity contribution in [2.45, 2.75) is 63.1 Å². The molecule has 0 bridgehead atoms. The number of carbonyl (C=O) groups is 1. The first-order valence-electron chi connectivity index (χ1n) is 11.7. The minimum absolute atomic E-state index is 0.0970. The van der Waals surface area contributed by atoms with Gasteiger partial charge in [-0.15, -0.1) is 0 Å². The number of anilines is 3.